The molecule has 0 aromatic rings. The normalized spacial score (nSPS) is 42.2. The number of fused-ring (bicyclic) bond motifs is 2. The van der Waals surface area contributed by atoms with Crippen LogP contribution >= 0.6 is 0 Å². The summed E-state index contributed by atoms with van der Waals surface area (Å²) in [7, 11) is 0. The lowest BCUT2D eigenvalue weighted by molar-refractivity contribution is 0.225. The van der Waals surface area contributed by atoms with Gasteiger partial charge in [0.2, 0.25) is 0 Å². The van der Waals surface area contributed by atoms with Gasteiger partial charge in [-0.15, -0.1) is 6.42 Å². The Kier molecular flexibility index (Phi) is 2.31. The van der Waals surface area contributed by atoms with Gasteiger partial charge in [0.15, 0.2) is 0 Å². The molecule has 72 valence electrons. The van der Waals surface area contributed by atoms with E-state index < -0.39 is 0 Å². The summed E-state index contributed by atoms with van der Waals surface area (Å²) in [4.78, 5) is 0. The Labute approximate surface area is 80.3 Å². The number of rotatable bonds is 3. The molecule has 2 rings (SSSR count). The van der Waals surface area contributed by atoms with Gasteiger partial charge in [0, 0.05) is 12.1 Å². The average Bonchev–Trinajstić information content (AvgIpc) is 2.74. The lowest BCUT2D eigenvalue weighted by Crippen LogP contribution is -2.55. The smallest absolute Gasteiger partial charge is 0.0578 e. The zero-order valence-electron chi connectivity index (χ0n) is 8.05. The van der Waals surface area contributed by atoms with Crippen molar-refractivity contribution in [3.05, 3.63) is 0 Å². The summed E-state index contributed by atoms with van der Waals surface area (Å²) in [5, 5.41) is 3.46. The van der Waals surface area contributed by atoms with Gasteiger partial charge in [-0.05, 0) is 31.1 Å². The van der Waals surface area contributed by atoms with Crippen molar-refractivity contribution in [2.24, 2.45) is 17.6 Å². The van der Waals surface area contributed by atoms with Crippen LogP contribution in [-0.2, 0) is 0 Å². The quantitative estimate of drug-likeness (QED) is 0.625. The van der Waals surface area contributed by atoms with Crippen LogP contribution in [0, 0.1) is 24.2 Å². The van der Waals surface area contributed by atoms with Gasteiger partial charge in [0.25, 0.3) is 0 Å². The Morgan fingerprint density at radius 3 is 2.85 bits per heavy atom. The van der Waals surface area contributed by atoms with Crippen molar-refractivity contribution in [3.63, 3.8) is 0 Å². The maximum atomic E-state index is 5.86. The topological polar surface area (TPSA) is 38.0 Å². The number of hydrogen-bond acceptors (Lipinski definition) is 2. The summed E-state index contributed by atoms with van der Waals surface area (Å²) in [5.41, 5.74) is 6.05. The Bertz CT molecular complexity index is 231. The van der Waals surface area contributed by atoms with Crippen LogP contribution in [0.3, 0.4) is 0 Å². The molecule has 0 saturated heterocycles. The molecular weight excluding hydrogens is 160 g/mol. The van der Waals surface area contributed by atoms with E-state index >= 15 is 0 Å². The summed E-state index contributed by atoms with van der Waals surface area (Å²) >= 11 is 0. The average molecular weight is 178 g/mol. The first-order chi connectivity index (χ1) is 6.30. The van der Waals surface area contributed by atoms with Gasteiger partial charge in [-0.25, -0.2) is 0 Å². The Morgan fingerprint density at radius 1 is 1.54 bits per heavy atom. The van der Waals surface area contributed by atoms with Gasteiger partial charge in [-0.2, -0.15) is 0 Å². The summed E-state index contributed by atoms with van der Waals surface area (Å²) < 4.78 is 0. The summed E-state index contributed by atoms with van der Waals surface area (Å²) in [6.45, 7) is 1.41. The predicted molar refractivity (Wildman–Crippen MR) is 54.1 cm³/mol. The summed E-state index contributed by atoms with van der Waals surface area (Å²) in [5.74, 6) is 4.35. The van der Waals surface area contributed by atoms with E-state index in [-0.39, 0.29) is 5.54 Å². The molecule has 0 amide bonds. The molecule has 0 aliphatic heterocycles. The summed E-state index contributed by atoms with van der Waals surface area (Å²) in [6.07, 6.45) is 10.6. The largest absolute Gasteiger partial charge is 0.329 e. The maximum Gasteiger partial charge on any atom is 0.0578 e. The molecule has 3 unspecified atom stereocenters. The van der Waals surface area contributed by atoms with E-state index in [1.807, 2.05) is 0 Å². The number of terminal acetylenes is 1. The first-order valence-corrected chi connectivity index (χ1v) is 5.19. The highest BCUT2D eigenvalue weighted by molar-refractivity contribution is 5.08. The van der Waals surface area contributed by atoms with Crippen molar-refractivity contribution in [1.82, 2.24) is 5.32 Å². The molecule has 0 radical (unpaired) electrons. The molecule has 2 saturated carbocycles. The van der Waals surface area contributed by atoms with Gasteiger partial charge in [-0.3, -0.25) is 5.32 Å². The van der Waals surface area contributed by atoms with E-state index in [1.54, 1.807) is 0 Å². The van der Waals surface area contributed by atoms with Crippen LogP contribution in [0.2, 0.25) is 0 Å². The monoisotopic (exact) mass is 178 g/mol. The van der Waals surface area contributed by atoms with E-state index in [4.69, 9.17) is 12.2 Å². The standard InChI is InChI=1S/C11H18N2/c1-2-5-13-11(8-12)7-9-3-4-10(11)6-9/h1,9-10,13H,3-8,12H2. The third kappa shape index (κ3) is 1.37. The zero-order chi connectivity index (χ0) is 9.31. The van der Waals surface area contributed by atoms with Gasteiger partial charge in [0.05, 0.1) is 6.54 Å². The van der Waals surface area contributed by atoms with Crippen LogP contribution in [0.5, 0.6) is 0 Å². The van der Waals surface area contributed by atoms with E-state index in [2.05, 4.69) is 11.2 Å². The highest BCUT2D eigenvalue weighted by Gasteiger charge is 2.49. The van der Waals surface area contributed by atoms with Crippen molar-refractivity contribution >= 4 is 0 Å². The molecule has 2 aliphatic rings. The minimum absolute atomic E-state index is 0.190. The second-order valence-electron chi connectivity index (χ2n) is 4.50. The highest BCUT2D eigenvalue weighted by Crippen LogP contribution is 2.50. The molecule has 13 heavy (non-hydrogen) atoms. The van der Waals surface area contributed by atoms with Gasteiger partial charge in [-0.1, -0.05) is 12.3 Å². The van der Waals surface area contributed by atoms with Crippen LogP contribution in [0.25, 0.3) is 0 Å². The van der Waals surface area contributed by atoms with Crippen molar-refractivity contribution in [2.75, 3.05) is 13.1 Å². The minimum Gasteiger partial charge on any atom is -0.329 e. The fourth-order valence-electron chi connectivity index (χ4n) is 3.21. The van der Waals surface area contributed by atoms with E-state index in [0.717, 1.165) is 18.4 Å². The second kappa shape index (κ2) is 3.32. The molecule has 3 atom stereocenters. The van der Waals surface area contributed by atoms with Crippen molar-refractivity contribution in [3.8, 4) is 12.3 Å². The fraction of sp³-hybridized carbons (Fsp3) is 0.818. The molecule has 2 nitrogen and oxygen atoms in total. The second-order valence-corrected chi connectivity index (χ2v) is 4.50. The molecular formula is C11H18N2. The zero-order valence-corrected chi connectivity index (χ0v) is 8.05. The van der Waals surface area contributed by atoms with Crippen LogP contribution in [0.4, 0.5) is 0 Å². The molecule has 0 heterocycles. The molecule has 2 heteroatoms. The molecule has 0 aromatic heterocycles. The van der Waals surface area contributed by atoms with E-state index in [0.29, 0.717) is 6.54 Å². The lowest BCUT2D eigenvalue weighted by atomic mass is 9.81. The third-order valence-electron chi connectivity index (χ3n) is 3.88. The number of hydrogen-bond donors (Lipinski definition) is 2. The number of nitrogens with one attached hydrogen (secondary N) is 1. The molecule has 2 aliphatic carbocycles. The van der Waals surface area contributed by atoms with Crippen molar-refractivity contribution in [1.29, 1.82) is 0 Å². The Morgan fingerprint density at radius 2 is 2.38 bits per heavy atom. The van der Waals surface area contributed by atoms with Crippen LogP contribution in [0.1, 0.15) is 25.7 Å². The van der Waals surface area contributed by atoms with Gasteiger partial charge >= 0.3 is 0 Å². The Balaban J connectivity index is 2.04. The highest BCUT2D eigenvalue weighted by atomic mass is 15.0. The van der Waals surface area contributed by atoms with Crippen LogP contribution in [-0.4, -0.2) is 18.6 Å². The first kappa shape index (κ1) is 9.05. The van der Waals surface area contributed by atoms with Gasteiger partial charge in [0.1, 0.15) is 0 Å². The Hall–Kier alpha value is -0.520. The third-order valence-corrected chi connectivity index (χ3v) is 3.88. The predicted octanol–water partition coefficient (Wildman–Crippen LogP) is 0.727. The van der Waals surface area contributed by atoms with Gasteiger partial charge < -0.3 is 5.73 Å². The number of nitrogens with two attached hydrogens (primary N) is 1. The van der Waals surface area contributed by atoms with E-state index in [9.17, 15) is 0 Å². The molecule has 2 fully saturated rings. The molecule has 3 N–H and O–H groups in total. The SMILES string of the molecule is C#CCNC1(CN)CC2CCC1C2. The summed E-state index contributed by atoms with van der Waals surface area (Å²) in [6, 6.07) is 0. The van der Waals surface area contributed by atoms with E-state index in [1.165, 1.54) is 25.7 Å². The minimum atomic E-state index is 0.190. The van der Waals surface area contributed by atoms with Crippen LogP contribution in [0.15, 0.2) is 0 Å². The lowest BCUT2D eigenvalue weighted by Gasteiger charge is -2.37. The molecule has 0 aromatic carbocycles. The first-order valence-electron chi connectivity index (χ1n) is 5.19. The van der Waals surface area contributed by atoms with Crippen molar-refractivity contribution < 1.29 is 0 Å². The fourth-order valence-corrected chi connectivity index (χ4v) is 3.21. The maximum absolute atomic E-state index is 5.86. The van der Waals surface area contributed by atoms with Crippen LogP contribution < -0.4 is 11.1 Å². The molecule has 2 bridgehead atoms. The molecule has 0 spiro atoms. The van der Waals surface area contributed by atoms with Crippen molar-refractivity contribution in [2.45, 2.75) is 31.2 Å².